The topological polar surface area (TPSA) is 88.2 Å². The Morgan fingerprint density at radius 1 is 1.41 bits per heavy atom. The molecule has 0 bridgehead atoms. The minimum atomic E-state index is -3.82. The standard InChI is InChI=1S/C9H9N3O3S2/c1-10-9(13)12-17(14,15)6-2-3-7-8(4-6)16-5-11-7/h2-5H,1H3,(H2,10,12,13). The van der Waals surface area contributed by atoms with Crippen LogP contribution in [0.2, 0.25) is 0 Å². The molecule has 8 heteroatoms. The van der Waals surface area contributed by atoms with Crippen molar-refractivity contribution in [3.8, 4) is 0 Å². The molecule has 1 aromatic heterocycles. The maximum atomic E-state index is 11.8. The number of aromatic nitrogens is 1. The van der Waals surface area contributed by atoms with Crippen LogP contribution in [0.3, 0.4) is 0 Å². The summed E-state index contributed by atoms with van der Waals surface area (Å²) in [7, 11) is -2.48. The number of benzene rings is 1. The molecule has 0 unspecified atom stereocenters. The number of urea groups is 1. The third kappa shape index (κ3) is 2.37. The maximum Gasteiger partial charge on any atom is 0.328 e. The van der Waals surface area contributed by atoms with Gasteiger partial charge < -0.3 is 5.32 Å². The minimum absolute atomic E-state index is 0.0397. The number of carbonyl (C=O) groups excluding carboxylic acids is 1. The van der Waals surface area contributed by atoms with Crippen molar-refractivity contribution in [2.45, 2.75) is 4.90 Å². The second-order valence-corrected chi connectivity index (χ2v) is 5.74. The molecule has 2 aromatic rings. The Morgan fingerprint density at radius 3 is 2.88 bits per heavy atom. The fourth-order valence-corrected chi connectivity index (χ4v) is 3.01. The van der Waals surface area contributed by atoms with Crippen LogP contribution in [0.5, 0.6) is 0 Å². The highest BCUT2D eigenvalue weighted by molar-refractivity contribution is 7.90. The van der Waals surface area contributed by atoms with Gasteiger partial charge >= 0.3 is 6.03 Å². The maximum absolute atomic E-state index is 11.8. The van der Waals surface area contributed by atoms with Gasteiger partial charge in [-0.1, -0.05) is 0 Å². The molecule has 1 aromatic carbocycles. The van der Waals surface area contributed by atoms with Gasteiger partial charge in [-0.15, -0.1) is 11.3 Å². The van der Waals surface area contributed by atoms with E-state index in [1.807, 2.05) is 4.72 Å². The molecular weight excluding hydrogens is 262 g/mol. The van der Waals surface area contributed by atoms with Gasteiger partial charge in [-0.25, -0.2) is 22.9 Å². The Bertz CT molecular complexity index is 663. The van der Waals surface area contributed by atoms with Crippen molar-refractivity contribution in [1.29, 1.82) is 0 Å². The lowest BCUT2D eigenvalue weighted by atomic mass is 10.3. The fourth-order valence-electron chi connectivity index (χ4n) is 1.23. The Kier molecular flexibility index (Phi) is 2.99. The quantitative estimate of drug-likeness (QED) is 0.850. The number of sulfonamides is 1. The number of hydrogen-bond acceptors (Lipinski definition) is 5. The van der Waals surface area contributed by atoms with E-state index in [1.54, 1.807) is 11.6 Å². The number of hydrogen-bond donors (Lipinski definition) is 2. The predicted octanol–water partition coefficient (Wildman–Crippen LogP) is 0.914. The first kappa shape index (κ1) is 11.8. The number of carbonyl (C=O) groups is 1. The molecule has 1 heterocycles. The molecule has 0 atom stereocenters. The van der Waals surface area contributed by atoms with Crippen molar-refractivity contribution in [2.75, 3.05) is 7.05 Å². The largest absolute Gasteiger partial charge is 0.340 e. The van der Waals surface area contributed by atoms with Crippen LogP contribution in [-0.4, -0.2) is 26.5 Å². The van der Waals surface area contributed by atoms with Crippen LogP contribution in [0, 0.1) is 0 Å². The van der Waals surface area contributed by atoms with Crippen LogP contribution >= 0.6 is 11.3 Å². The van der Waals surface area contributed by atoms with Crippen molar-refractivity contribution in [3.05, 3.63) is 23.7 Å². The number of fused-ring (bicyclic) bond motifs is 1. The summed E-state index contributed by atoms with van der Waals surface area (Å²) in [6.45, 7) is 0. The molecule has 0 radical (unpaired) electrons. The summed E-state index contributed by atoms with van der Waals surface area (Å²) in [4.78, 5) is 15.1. The first-order valence-electron chi connectivity index (χ1n) is 4.61. The minimum Gasteiger partial charge on any atom is -0.340 e. The second-order valence-electron chi connectivity index (χ2n) is 3.17. The molecule has 0 aliphatic carbocycles. The molecule has 6 nitrogen and oxygen atoms in total. The number of amides is 2. The Hall–Kier alpha value is -1.67. The van der Waals surface area contributed by atoms with E-state index in [2.05, 4.69) is 10.3 Å². The van der Waals surface area contributed by atoms with Crippen LogP contribution in [0.1, 0.15) is 0 Å². The molecule has 17 heavy (non-hydrogen) atoms. The van der Waals surface area contributed by atoms with Gasteiger partial charge in [0, 0.05) is 7.05 Å². The fraction of sp³-hybridized carbons (Fsp3) is 0.111. The number of thiazole rings is 1. The zero-order valence-corrected chi connectivity index (χ0v) is 10.4. The molecule has 0 spiro atoms. The summed E-state index contributed by atoms with van der Waals surface area (Å²) >= 11 is 1.34. The molecule has 0 saturated carbocycles. The Morgan fingerprint density at radius 2 is 2.18 bits per heavy atom. The lowest BCUT2D eigenvalue weighted by Gasteiger charge is -2.05. The van der Waals surface area contributed by atoms with Gasteiger partial charge in [-0.2, -0.15) is 0 Å². The van der Waals surface area contributed by atoms with Gasteiger partial charge in [0.05, 0.1) is 20.6 Å². The molecular formula is C9H9N3O3S2. The van der Waals surface area contributed by atoms with Gasteiger partial charge in [0.1, 0.15) is 0 Å². The molecule has 90 valence electrons. The van der Waals surface area contributed by atoms with Crippen molar-refractivity contribution >= 4 is 37.6 Å². The molecule has 2 rings (SSSR count). The highest BCUT2D eigenvalue weighted by Gasteiger charge is 2.17. The zero-order chi connectivity index (χ0) is 12.5. The van der Waals surface area contributed by atoms with Gasteiger partial charge in [-0.3, -0.25) is 0 Å². The normalized spacial score (nSPS) is 11.4. The van der Waals surface area contributed by atoms with Crippen LogP contribution in [0.25, 0.3) is 10.2 Å². The summed E-state index contributed by atoms with van der Waals surface area (Å²) in [5, 5.41) is 2.18. The van der Waals surface area contributed by atoms with E-state index in [0.29, 0.717) is 0 Å². The van der Waals surface area contributed by atoms with Crippen LogP contribution < -0.4 is 10.0 Å². The monoisotopic (exact) mass is 271 g/mol. The van der Waals surface area contributed by atoms with Gasteiger partial charge in [0.2, 0.25) is 0 Å². The summed E-state index contributed by atoms with van der Waals surface area (Å²) < 4.78 is 26.2. The van der Waals surface area contributed by atoms with E-state index < -0.39 is 16.1 Å². The summed E-state index contributed by atoms with van der Waals surface area (Å²) in [6, 6.07) is 3.73. The lowest BCUT2D eigenvalue weighted by molar-refractivity contribution is 0.248. The average molecular weight is 271 g/mol. The summed E-state index contributed by atoms with van der Waals surface area (Å²) in [5.74, 6) is 0. The number of nitrogens with zero attached hydrogens (tertiary/aromatic N) is 1. The van der Waals surface area contributed by atoms with Gasteiger partial charge in [0.15, 0.2) is 0 Å². The van der Waals surface area contributed by atoms with Crippen LogP contribution in [0.4, 0.5) is 4.79 Å². The van der Waals surface area contributed by atoms with Gasteiger partial charge in [-0.05, 0) is 18.2 Å². The molecule has 0 saturated heterocycles. The van der Waals surface area contributed by atoms with Crippen molar-refractivity contribution in [3.63, 3.8) is 0 Å². The summed E-state index contributed by atoms with van der Waals surface area (Å²) in [5.41, 5.74) is 2.36. The third-order valence-corrected chi connectivity index (χ3v) is 4.19. The Balaban J connectivity index is 2.41. The lowest BCUT2D eigenvalue weighted by Crippen LogP contribution is -2.37. The first-order valence-corrected chi connectivity index (χ1v) is 6.97. The Labute approximate surface area is 102 Å². The van der Waals surface area contributed by atoms with E-state index >= 15 is 0 Å². The zero-order valence-electron chi connectivity index (χ0n) is 8.80. The highest BCUT2D eigenvalue weighted by Crippen LogP contribution is 2.21. The average Bonchev–Trinajstić information content (AvgIpc) is 2.75. The second kappa shape index (κ2) is 4.30. The molecule has 0 aliphatic rings. The van der Waals surface area contributed by atoms with Crippen molar-refractivity contribution in [2.24, 2.45) is 0 Å². The molecule has 0 fully saturated rings. The van der Waals surface area contributed by atoms with E-state index in [0.717, 1.165) is 10.2 Å². The smallest absolute Gasteiger partial charge is 0.328 e. The van der Waals surface area contributed by atoms with Crippen molar-refractivity contribution in [1.82, 2.24) is 15.0 Å². The molecule has 0 aliphatic heterocycles. The van der Waals surface area contributed by atoms with Crippen molar-refractivity contribution < 1.29 is 13.2 Å². The van der Waals surface area contributed by atoms with Crippen LogP contribution in [-0.2, 0) is 10.0 Å². The SMILES string of the molecule is CNC(=O)NS(=O)(=O)c1ccc2ncsc2c1. The summed E-state index contributed by atoms with van der Waals surface area (Å²) in [6.07, 6.45) is 0. The number of rotatable bonds is 2. The number of nitrogens with one attached hydrogen (secondary N) is 2. The van der Waals surface area contributed by atoms with E-state index in [9.17, 15) is 13.2 Å². The van der Waals surface area contributed by atoms with E-state index in [1.165, 1.54) is 30.5 Å². The van der Waals surface area contributed by atoms with E-state index in [-0.39, 0.29) is 4.90 Å². The molecule has 2 N–H and O–H groups in total. The highest BCUT2D eigenvalue weighted by atomic mass is 32.2. The van der Waals surface area contributed by atoms with Gasteiger partial charge in [0.25, 0.3) is 10.0 Å². The first-order chi connectivity index (χ1) is 8.03. The van der Waals surface area contributed by atoms with E-state index in [4.69, 9.17) is 0 Å². The third-order valence-electron chi connectivity index (χ3n) is 2.07. The molecule has 2 amide bonds. The van der Waals surface area contributed by atoms with Crippen LogP contribution in [0.15, 0.2) is 28.6 Å². The predicted molar refractivity (Wildman–Crippen MR) is 64.4 cm³/mol.